The molecule has 0 spiro atoms. The first-order chi connectivity index (χ1) is 8.65. The molecule has 5 heteroatoms. The molecule has 2 rings (SSSR count). The summed E-state index contributed by atoms with van der Waals surface area (Å²) in [6.07, 6.45) is 6.77. The molecule has 2 N–H and O–H groups in total. The van der Waals surface area contributed by atoms with Gasteiger partial charge < -0.3 is 4.74 Å². The van der Waals surface area contributed by atoms with Gasteiger partial charge in [-0.15, -0.1) is 0 Å². The van der Waals surface area contributed by atoms with E-state index in [-0.39, 0.29) is 0 Å². The van der Waals surface area contributed by atoms with E-state index < -0.39 is 0 Å². The van der Waals surface area contributed by atoms with Crippen molar-refractivity contribution in [3.05, 3.63) is 16.9 Å². The molecule has 1 aliphatic rings. The van der Waals surface area contributed by atoms with Crippen LogP contribution in [-0.2, 0) is 0 Å². The van der Waals surface area contributed by atoms with Crippen LogP contribution in [0.15, 0.2) is 16.9 Å². The molecule has 100 valence electrons. The van der Waals surface area contributed by atoms with Gasteiger partial charge in [0.1, 0.15) is 17.7 Å². The van der Waals surface area contributed by atoms with Gasteiger partial charge in [-0.05, 0) is 48.5 Å². The Bertz CT molecular complexity index is 403. The van der Waals surface area contributed by atoms with Crippen LogP contribution in [0.25, 0.3) is 0 Å². The molecule has 4 nitrogen and oxygen atoms in total. The Labute approximate surface area is 117 Å². The van der Waals surface area contributed by atoms with Gasteiger partial charge in [-0.3, -0.25) is 0 Å². The molecule has 1 aliphatic heterocycles. The molecule has 2 heterocycles. The second kappa shape index (κ2) is 5.99. The van der Waals surface area contributed by atoms with Crippen LogP contribution in [0.4, 0.5) is 5.69 Å². The lowest BCUT2D eigenvalue weighted by molar-refractivity contribution is 0.287. The number of hydrogen-bond acceptors (Lipinski definition) is 3. The van der Waals surface area contributed by atoms with Crippen molar-refractivity contribution in [3.63, 3.8) is 0 Å². The van der Waals surface area contributed by atoms with Crippen molar-refractivity contribution in [2.45, 2.75) is 32.6 Å². The van der Waals surface area contributed by atoms with Gasteiger partial charge in [0.2, 0.25) is 0 Å². The largest absolute Gasteiger partial charge is 0.491 e. The van der Waals surface area contributed by atoms with Crippen LogP contribution >= 0.6 is 15.9 Å². The molecule has 1 fully saturated rings. The van der Waals surface area contributed by atoms with E-state index in [0.717, 1.165) is 29.1 Å². The summed E-state index contributed by atoms with van der Waals surface area (Å²) in [6, 6.07) is 2.02. The first-order valence-corrected chi connectivity index (χ1v) is 7.39. The van der Waals surface area contributed by atoms with E-state index in [2.05, 4.69) is 20.9 Å². The molecule has 0 unspecified atom stereocenters. The Morgan fingerprint density at radius 1 is 1.33 bits per heavy atom. The maximum atomic E-state index is 6.52. The average molecular weight is 315 g/mol. The van der Waals surface area contributed by atoms with Crippen molar-refractivity contribution < 1.29 is 4.74 Å². The Morgan fingerprint density at radius 2 is 2.00 bits per heavy atom. The molecule has 18 heavy (non-hydrogen) atoms. The number of pyridine rings is 1. The van der Waals surface area contributed by atoms with E-state index in [1.807, 2.05) is 19.2 Å². The number of ether oxygens (including phenoxy) is 1. The van der Waals surface area contributed by atoms with Gasteiger partial charge in [0, 0.05) is 6.07 Å². The van der Waals surface area contributed by atoms with Crippen molar-refractivity contribution in [1.29, 1.82) is 0 Å². The van der Waals surface area contributed by atoms with Crippen LogP contribution in [0.1, 0.15) is 32.6 Å². The maximum absolute atomic E-state index is 6.52. The van der Waals surface area contributed by atoms with E-state index >= 15 is 0 Å². The van der Waals surface area contributed by atoms with Gasteiger partial charge >= 0.3 is 0 Å². The SMILES string of the molecule is CCOc1cc([N+]2(N)CCCCCC2)cnc1Br. The fourth-order valence-electron chi connectivity index (χ4n) is 2.43. The van der Waals surface area contributed by atoms with Crippen LogP contribution in [-0.4, -0.2) is 24.7 Å². The summed E-state index contributed by atoms with van der Waals surface area (Å²) in [4.78, 5) is 4.34. The minimum absolute atomic E-state index is 0.486. The molecule has 1 saturated heterocycles. The summed E-state index contributed by atoms with van der Waals surface area (Å²) in [5.74, 6) is 7.30. The summed E-state index contributed by atoms with van der Waals surface area (Å²) in [5, 5.41) is 0. The smallest absolute Gasteiger partial charge is 0.174 e. The lowest BCUT2D eigenvalue weighted by Gasteiger charge is -2.30. The quantitative estimate of drug-likeness (QED) is 0.530. The number of nitrogens with two attached hydrogens (primary N) is 1. The summed E-state index contributed by atoms with van der Waals surface area (Å²) >= 11 is 3.40. The third-order valence-electron chi connectivity index (χ3n) is 3.47. The predicted molar refractivity (Wildman–Crippen MR) is 77.3 cm³/mol. The summed E-state index contributed by atoms with van der Waals surface area (Å²) in [5.41, 5.74) is 1.04. The first-order valence-electron chi connectivity index (χ1n) is 6.60. The Morgan fingerprint density at radius 3 is 2.61 bits per heavy atom. The summed E-state index contributed by atoms with van der Waals surface area (Å²) < 4.78 is 6.80. The number of rotatable bonds is 3. The molecular formula is C13H21BrN3O+. The van der Waals surface area contributed by atoms with Crippen molar-refractivity contribution in [1.82, 2.24) is 9.58 Å². The van der Waals surface area contributed by atoms with Crippen molar-refractivity contribution in [2.75, 3.05) is 19.7 Å². The standard InChI is InChI=1S/C13H21BrN3O/c1-2-18-12-9-11(10-16-13(12)14)17(15)7-5-3-4-6-8-17/h9-10H,2-8,15H2,1H3/q+1. The molecule has 0 bridgehead atoms. The average Bonchev–Trinajstić information content (AvgIpc) is 2.58. The highest BCUT2D eigenvalue weighted by Crippen LogP contribution is 2.31. The molecular weight excluding hydrogens is 294 g/mol. The minimum atomic E-state index is 0.486. The van der Waals surface area contributed by atoms with Gasteiger partial charge in [-0.2, -0.15) is 5.84 Å². The second-order valence-electron chi connectivity index (χ2n) is 4.81. The molecule has 1 aromatic heterocycles. The lowest BCUT2D eigenvalue weighted by Crippen LogP contribution is -2.56. The lowest BCUT2D eigenvalue weighted by atomic mass is 10.2. The highest BCUT2D eigenvalue weighted by Gasteiger charge is 2.29. The van der Waals surface area contributed by atoms with Gasteiger partial charge in [0.15, 0.2) is 11.4 Å². The summed E-state index contributed by atoms with van der Waals surface area (Å²) in [6.45, 7) is 4.57. The number of aromatic nitrogens is 1. The van der Waals surface area contributed by atoms with Gasteiger partial charge in [0.25, 0.3) is 0 Å². The third-order valence-corrected chi connectivity index (χ3v) is 4.07. The van der Waals surface area contributed by atoms with E-state index in [1.54, 1.807) is 0 Å². The molecule has 0 aliphatic carbocycles. The van der Waals surface area contributed by atoms with E-state index in [9.17, 15) is 0 Å². The number of halogens is 1. The van der Waals surface area contributed by atoms with Crippen LogP contribution in [0.2, 0.25) is 0 Å². The predicted octanol–water partition coefficient (Wildman–Crippen LogP) is 3.00. The maximum Gasteiger partial charge on any atom is 0.174 e. The first kappa shape index (κ1) is 13.8. The monoisotopic (exact) mass is 314 g/mol. The van der Waals surface area contributed by atoms with Crippen LogP contribution in [0, 0.1) is 0 Å². The zero-order valence-electron chi connectivity index (χ0n) is 10.9. The third kappa shape index (κ3) is 3.02. The van der Waals surface area contributed by atoms with E-state index in [0.29, 0.717) is 11.2 Å². The molecule has 0 radical (unpaired) electrons. The minimum Gasteiger partial charge on any atom is -0.491 e. The van der Waals surface area contributed by atoms with E-state index in [4.69, 9.17) is 10.6 Å². The van der Waals surface area contributed by atoms with E-state index in [1.165, 1.54) is 25.7 Å². The fraction of sp³-hybridized carbons (Fsp3) is 0.615. The summed E-state index contributed by atoms with van der Waals surface area (Å²) in [7, 11) is 0. The highest BCUT2D eigenvalue weighted by atomic mass is 79.9. The van der Waals surface area contributed by atoms with Crippen LogP contribution in [0.3, 0.4) is 0 Å². The molecule has 0 amide bonds. The number of nitrogens with zero attached hydrogens (tertiary/aromatic N) is 2. The Balaban J connectivity index is 2.28. The van der Waals surface area contributed by atoms with Crippen molar-refractivity contribution >= 4 is 21.6 Å². The zero-order chi connectivity index (χ0) is 13.0. The van der Waals surface area contributed by atoms with Gasteiger partial charge in [-0.25, -0.2) is 9.58 Å². The van der Waals surface area contributed by atoms with Crippen molar-refractivity contribution in [3.8, 4) is 5.75 Å². The normalized spacial score (nSPS) is 19.3. The number of hydrogen-bond donors (Lipinski definition) is 1. The molecule has 0 atom stereocenters. The van der Waals surface area contributed by atoms with Crippen molar-refractivity contribution in [2.24, 2.45) is 5.84 Å². The molecule has 1 aromatic rings. The van der Waals surface area contributed by atoms with Crippen LogP contribution < -0.4 is 15.2 Å². The molecule has 0 aromatic carbocycles. The zero-order valence-corrected chi connectivity index (χ0v) is 12.4. The van der Waals surface area contributed by atoms with Crippen LogP contribution in [0.5, 0.6) is 5.75 Å². The highest BCUT2D eigenvalue weighted by molar-refractivity contribution is 9.10. The van der Waals surface area contributed by atoms with Gasteiger partial charge in [0.05, 0.1) is 12.8 Å². The number of quaternary nitrogens is 1. The Kier molecular flexibility index (Phi) is 4.59. The fourth-order valence-corrected chi connectivity index (χ4v) is 2.76. The Hall–Kier alpha value is -0.650. The van der Waals surface area contributed by atoms with Gasteiger partial charge in [-0.1, -0.05) is 0 Å². The second-order valence-corrected chi connectivity index (χ2v) is 5.56. The molecule has 0 saturated carbocycles. The topological polar surface area (TPSA) is 48.1 Å².